The van der Waals surface area contributed by atoms with E-state index in [2.05, 4.69) is 0 Å². The zero-order valence-corrected chi connectivity index (χ0v) is 10.2. The Labute approximate surface area is 109 Å². The number of halogens is 1. The van der Waals surface area contributed by atoms with E-state index < -0.39 is 11.1 Å². The van der Waals surface area contributed by atoms with E-state index in [9.17, 15) is 19.3 Å². The number of rotatable bonds is 2. The van der Waals surface area contributed by atoms with Crippen molar-refractivity contribution >= 4 is 11.6 Å². The van der Waals surface area contributed by atoms with Crippen LogP contribution >= 0.6 is 0 Å². The van der Waals surface area contributed by atoms with E-state index in [0.717, 1.165) is 0 Å². The molecule has 19 heavy (non-hydrogen) atoms. The van der Waals surface area contributed by atoms with Crippen LogP contribution in [-0.4, -0.2) is 41.0 Å². The first kappa shape index (κ1) is 13.4. The molecule has 0 spiro atoms. The maximum absolute atomic E-state index is 13.4. The summed E-state index contributed by atoms with van der Waals surface area (Å²) < 4.78 is 13.4. The molecule has 0 aromatic heterocycles. The Morgan fingerprint density at radius 2 is 2.00 bits per heavy atom. The van der Waals surface area contributed by atoms with E-state index in [1.165, 1.54) is 29.2 Å². The smallest absolute Gasteiger partial charge is 0.269 e. The number of carbonyl (C=O) groups is 1. The molecule has 1 amide bonds. The lowest BCUT2D eigenvalue weighted by atomic mass is 10.0. The summed E-state index contributed by atoms with van der Waals surface area (Å²) in [5, 5.41) is 10.5. The SMILES string of the molecule is N[C@H]1C[C@H](F)CN(C(=O)c2ccc([N+](=O)[O-])cc2)C1. The number of nitro groups is 1. The van der Waals surface area contributed by atoms with Crippen LogP contribution in [0, 0.1) is 10.1 Å². The van der Waals surface area contributed by atoms with Crippen molar-refractivity contribution in [2.75, 3.05) is 13.1 Å². The van der Waals surface area contributed by atoms with Gasteiger partial charge in [0.1, 0.15) is 6.17 Å². The van der Waals surface area contributed by atoms with Gasteiger partial charge in [-0.05, 0) is 18.6 Å². The van der Waals surface area contributed by atoms with Crippen LogP contribution in [0.4, 0.5) is 10.1 Å². The summed E-state index contributed by atoms with van der Waals surface area (Å²) in [6, 6.07) is 4.88. The van der Waals surface area contributed by atoms with Crippen LogP contribution in [-0.2, 0) is 0 Å². The van der Waals surface area contributed by atoms with Crippen LogP contribution in [0.3, 0.4) is 0 Å². The molecule has 102 valence electrons. The highest BCUT2D eigenvalue weighted by atomic mass is 19.1. The van der Waals surface area contributed by atoms with E-state index in [4.69, 9.17) is 5.73 Å². The number of benzene rings is 1. The van der Waals surface area contributed by atoms with E-state index in [1.54, 1.807) is 0 Å². The molecule has 7 heteroatoms. The van der Waals surface area contributed by atoms with Crippen molar-refractivity contribution < 1.29 is 14.1 Å². The van der Waals surface area contributed by atoms with Gasteiger partial charge in [0.05, 0.1) is 11.5 Å². The van der Waals surface area contributed by atoms with Gasteiger partial charge in [0, 0.05) is 30.3 Å². The highest BCUT2D eigenvalue weighted by Crippen LogP contribution is 2.17. The van der Waals surface area contributed by atoms with Crippen molar-refractivity contribution in [1.82, 2.24) is 4.90 Å². The zero-order chi connectivity index (χ0) is 14.0. The molecular formula is C12H14FN3O3. The first-order valence-corrected chi connectivity index (χ1v) is 5.90. The van der Waals surface area contributed by atoms with Gasteiger partial charge in [0.25, 0.3) is 11.6 Å². The molecule has 2 rings (SSSR count). The Morgan fingerprint density at radius 3 is 2.53 bits per heavy atom. The molecule has 0 unspecified atom stereocenters. The minimum absolute atomic E-state index is 0.0174. The van der Waals surface area contributed by atoms with Crippen LogP contribution in [0.25, 0.3) is 0 Å². The fourth-order valence-corrected chi connectivity index (χ4v) is 2.15. The lowest BCUT2D eigenvalue weighted by Gasteiger charge is -2.32. The quantitative estimate of drug-likeness (QED) is 0.642. The third-order valence-corrected chi connectivity index (χ3v) is 3.04. The molecule has 1 aromatic carbocycles. The van der Waals surface area contributed by atoms with Crippen molar-refractivity contribution in [3.8, 4) is 0 Å². The monoisotopic (exact) mass is 267 g/mol. The number of piperidine rings is 1. The second-order valence-corrected chi connectivity index (χ2v) is 4.61. The Hall–Kier alpha value is -2.02. The van der Waals surface area contributed by atoms with Gasteiger partial charge in [-0.3, -0.25) is 14.9 Å². The number of nitrogens with two attached hydrogens (primary N) is 1. The van der Waals surface area contributed by atoms with Crippen LogP contribution in [0.15, 0.2) is 24.3 Å². The highest BCUT2D eigenvalue weighted by Gasteiger charge is 2.28. The number of non-ortho nitro benzene ring substituents is 1. The van der Waals surface area contributed by atoms with E-state index in [1.807, 2.05) is 0 Å². The molecule has 1 aromatic rings. The lowest BCUT2D eigenvalue weighted by Crippen LogP contribution is -2.50. The molecule has 0 saturated carbocycles. The van der Waals surface area contributed by atoms with E-state index >= 15 is 0 Å². The summed E-state index contributed by atoms with van der Waals surface area (Å²) in [5.74, 6) is -0.354. The molecule has 1 aliphatic rings. The minimum Gasteiger partial charge on any atom is -0.334 e. The number of hydrogen-bond donors (Lipinski definition) is 1. The second-order valence-electron chi connectivity index (χ2n) is 4.61. The normalized spacial score (nSPS) is 23.2. The van der Waals surface area contributed by atoms with Crippen molar-refractivity contribution in [3.05, 3.63) is 39.9 Å². The lowest BCUT2D eigenvalue weighted by molar-refractivity contribution is -0.384. The Morgan fingerprint density at radius 1 is 1.37 bits per heavy atom. The predicted molar refractivity (Wildman–Crippen MR) is 66.5 cm³/mol. The van der Waals surface area contributed by atoms with E-state index in [-0.39, 0.29) is 30.6 Å². The molecule has 1 saturated heterocycles. The van der Waals surface area contributed by atoms with Gasteiger partial charge in [-0.25, -0.2) is 4.39 Å². The summed E-state index contributed by atoms with van der Waals surface area (Å²) in [6.45, 7) is 0.319. The van der Waals surface area contributed by atoms with Gasteiger partial charge in [-0.15, -0.1) is 0 Å². The fourth-order valence-electron chi connectivity index (χ4n) is 2.15. The number of amides is 1. The van der Waals surface area contributed by atoms with Gasteiger partial charge >= 0.3 is 0 Å². The first-order chi connectivity index (χ1) is 8.97. The van der Waals surface area contributed by atoms with Gasteiger partial charge in [0.2, 0.25) is 0 Å². The number of hydrogen-bond acceptors (Lipinski definition) is 4. The van der Waals surface area contributed by atoms with E-state index in [0.29, 0.717) is 12.1 Å². The molecule has 1 heterocycles. The third kappa shape index (κ3) is 3.05. The molecule has 2 N–H and O–H groups in total. The van der Waals surface area contributed by atoms with Crippen LogP contribution in [0.1, 0.15) is 16.8 Å². The largest absolute Gasteiger partial charge is 0.334 e. The van der Waals surface area contributed by atoms with Gasteiger partial charge in [-0.1, -0.05) is 0 Å². The molecule has 2 atom stereocenters. The fraction of sp³-hybridized carbons (Fsp3) is 0.417. The average molecular weight is 267 g/mol. The molecule has 0 radical (unpaired) electrons. The first-order valence-electron chi connectivity index (χ1n) is 5.90. The van der Waals surface area contributed by atoms with Crippen molar-refractivity contribution in [1.29, 1.82) is 0 Å². The predicted octanol–water partition coefficient (Wildman–Crippen LogP) is 1.11. The number of nitrogens with zero attached hydrogens (tertiary/aromatic N) is 2. The highest BCUT2D eigenvalue weighted by molar-refractivity contribution is 5.94. The van der Waals surface area contributed by atoms with Gasteiger partial charge < -0.3 is 10.6 Å². The molecule has 1 aliphatic heterocycles. The summed E-state index contributed by atoms with van der Waals surface area (Å²) in [5.41, 5.74) is 5.88. The Kier molecular flexibility index (Phi) is 3.75. The summed E-state index contributed by atoms with van der Waals surface area (Å²) in [4.78, 5) is 23.4. The maximum atomic E-state index is 13.4. The second kappa shape index (κ2) is 5.31. The Balaban J connectivity index is 2.12. The summed E-state index contributed by atoms with van der Waals surface area (Å²) in [7, 11) is 0. The molecular weight excluding hydrogens is 253 g/mol. The molecule has 0 aliphatic carbocycles. The number of carbonyl (C=O) groups excluding carboxylic acids is 1. The number of alkyl halides is 1. The standard InChI is InChI=1S/C12H14FN3O3/c13-9-5-10(14)7-15(6-9)12(17)8-1-3-11(4-2-8)16(18)19/h1-4,9-10H,5-7,14H2/t9-,10-/m0/s1. The van der Waals surface area contributed by atoms with Crippen LogP contribution in [0.2, 0.25) is 0 Å². The summed E-state index contributed by atoms with van der Waals surface area (Å²) in [6.07, 6.45) is -0.866. The molecule has 1 fully saturated rings. The molecule has 0 bridgehead atoms. The van der Waals surface area contributed by atoms with Crippen molar-refractivity contribution in [3.63, 3.8) is 0 Å². The third-order valence-electron chi connectivity index (χ3n) is 3.04. The molecule has 6 nitrogen and oxygen atoms in total. The topological polar surface area (TPSA) is 89.5 Å². The van der Waals surface area contributed by atoms with Crippen molar-refractivity contribution in [2.24, 2.45) is 5.73 Å². The van der Waals surface area contributed by atoms with Crippen LogP contribution in [0.5, 0.6) is 0 Å². The van der Waals surface area contributed by atoms with Gasteiger partial charge in [-0.2, -0.15) is 0 Å². The maximum Gasteiger partial charge on any atom is 0.269 e. The minimum atomic E-state index is -1.12. The Bertz CT molecular complexity index is 481. The number of likely N-dealkylation sites (tertiary alicyclic amines) is 1. The van der Waals surface area contributed by atoms with Crippen molar-refractivity contribution in [2.45, 2.75) is 18.6 Å². The number of nitro benzene ring substituents is 1. The zero-order valence-electron chi connectivity index (χ0n) is 10.2. The van der Waals surface area contributed by atoms with Crippen LogP contribution < -0.4 is 5.73 Å². The average Bonchev–Trinajstić information content (AvgIpc) is 2.37. The summed E-state index contributed by atoms with van der Waals surface area (Å²) >= 11 is 0. The van der Waals surface area contributed by atoms with Gasteiger partial charge in [0.15, 0.2) is 0 Å².